The summed E-state index contributed by atoms with van der Waals surface area (Å²) < 4.78 is 7.16. The van der Waals surface area contributed by atoms with Crippen LogP contribution in [0.3, 0.4) is 0 Å². The molecule has 6 N–H and O–H groups in total. The summed E-state index contributed by atoms with van der Waals surface area (Å²) in [5.74, 6) is -2.17. The number of aromatic nitrogens is 2. The van der Waals surface area contributed by atoms with Crippen molar-refractivity contribution in [1.82, 2.24) is 15.2 Å². The van der Waals surface area contributed by atoms with Crippen molar-refractivity contribution in [3.8, 4) is 0 Å². The van der Waals surface area contributed by atoms with Gasteiger partial charge in [0, 0.05) is 30.0 Å². The van der Waals surface area contributed by atoms with Gasteiger partial charge in [-0.15, -0.1) is 11.8 Å². The Kier molecular flexibility index (Phi) is 9.17. The maximum atomic E-state index is 13.2. The van der Waals surface area contributed by atoms with Crippen molar-refractivity contribution in [3.05, 3.63) is 51.9 Å². The highest BCUT2D eigenvalue weighted by Gasteiger charge is 2.54. The van der Waals surface area contributed by atoms with E-state index < -0.39 is 29.2 Å². The Morgan fingerprint density at radius 3 is 2.71 bits per heavy atom. The van der Waals surface area contributed by atoms with E-state index in [9.17, 15) is 19.5 Å². The zero-order chi connectivity index (χ0) is 27.2. The Balaban J connectivity index is 1.49. The fourth-order valence-electron chi connectivity index (χ4n) is 3.82. The molecule has 0 radical (unpaired) electrons. The number of rotatable bonds is 12. The second-order valence-corrected chi connectivity index (χ2v) is 10.8. The van der Waals surface area contributed by atoms with Crippen molar-refractivity contribution in [2.45, 2.75) is 18.0 Å². The topological polar surface area (TPSA) is 186 Å². The van der Waals surface area contributed by atoms with Crippen LogP contribution in [0.25, 0.3) is 0 Å². The van der Waals surface area contributed by atoms with Gasteiger partial charge in [-0.25, -0.2) is 14.3 Å². The molecular formula is C22H25ClN7O6S2+. The van der Waals surface area contributed by atoms with Gasteiger partial charge in [0.1, 0.15) is 33.7 Å². The van der Waals surface area contributed by atoms with Gasteiger partial charge in [0.05, 0.1) is 13.2 Å². The molecule has 1 fully saturated rings. The minimum absolute atomic E-state index is 0.00256. The predicted octanol–water partition coefficient (Wildman–Crippen LogP) is -0.199. The number of halogens is 1. The van der Waals surface area contributed by atoms with Crippen LogP contribution in [-0.4, -0.2) is 82.0 Å². The number of pyridine rings is 1. The number of anilines is 1. The number of amides is 2. The molecule has 2 aromatic rings. The number of β-lactam (4-membered cyclic amide) rings is 1. The van der Waals surface area contributed by atoms with E-state index in [-0.39, 0.29) is 39.8 Å². The van der Waals surface area contributed by atoms with Crippen molar-refractivity contribution in [2.75, 3.05) is 37.9 Å². The van der Waals surface area contributed by atoms with Crippen molar-refractivity contribution in [3.63, 3.8) is 0 Å². The molecule has 202 valence electrons. The number of ether oxygens (including phenoxy) is 1. The number of carboxylic acids is 1. The predicted molar refractivity (Wildman–Crippen MR) is 140 cm³/mol. The number of oxime groups is 1. The highest BCUT2D eigenvalue weighted by atomic mass is 35.5. The lowest BCUT2D eigenvalue weighted by Crippen LogP contribution is -2.71. The Labute approximate surface area is 230 Å². The number of thiazole rings is 1. The molecule has 0 aliphatic carbocycles. The number of thioether (sulfide) groups is 1. The summed E-state index contributed by atoms with van der Waals surface area (Å²) in [6.45, 7) is 1.22. The number of carbonyl (C=O) groups excluding carboxylic acids is 2. The molecule has 4 rings (SSSR count). The molecule has 2 aliphatic rings. The minimum Gasteiger partial charge on any atom is -0.477 e. The fraction of sp³-hybridized carbons (Fsp3) is 0.364. The Bertz CT molecular complexity index is 1270. The molecule has 2 aromatic heterocycles. The van der Waals surface area contributed by atoms with Crippen LogP contribution >= 0.6 is 34.7 Å². The average Bonchev–Trinajstić information content (AvgIpc) is 3.24. The summed E-state index contributed by atoms with van der Waals surface area (Å²) in [4.78, 5) is 48.9. The van der Waals surface area contributed by atoms with Crippen molar-refractivity contribution < 1.29 is 33.6 Å². The third-order valence-electron chi connectivity index (χ3n) is 5.47. The highest BCUT2D eigenvalue weighted by molar-refractivity contribution is 8.00. The molecule has 4 heterocycles. The minimum atomic E-state index is -1.21. The molecule has 0 spiro atoms. The number of aliphatic carboxylic acids is 1. The molecule has 38 heavy (non-hydrogen) atoms. The molecule has 0 saturated carbocycles. The molecule has 0 aromatic carbocycles. The van der Waals surface area contributed by atoms with E-state index in [2.05, 4.69) is 15.5 Å². The van der Waals surface area contributed by atoms with E-state index in [1.54, 1.807) is 0 Å². The van der Waals surface area contributed by atoms with Gasteiger partial charge in [-0.05, 0) is 0 Å². The fourth-order valence-corrected chi connectivity index (χ4v) is 6.09. The van der Waals surface area contributed by atoms with E-state index in [0.29, 0.717) is 31.0 Å². The summed E-state index contributed by atoms with van der Waals surface area (Å²) in [6, 6.07) is 4.53. The van der Waals surface area contributed by atoms with Crippen LogP contribution in [0.2, 0.25) is 4.34 Å². The number of nitrogens with two attached hydrogens (primary N) is 2. The Hall–Kier alpha value is -3.24. The van der Waals surface area contributed by atoms with Crippen LogP contribution in [0.4, 0.5) is 5.13 Å². The Morgan fingerprint density at radius 1 is 1.29 bits per heavy atom. The quantitative estimate of drug-likeness (QED) is 0.0858. The number of fused-ring (bicyclic) bond motifs is 1. The third kappa shape index (κ3) is 6.07. The van der Waals surface area contributed by atoms with Gasteiger partial charge in [-0.1, -0.05) is 34.2 Å². The van der Waals surface area contributed by atoms with Crippen LogP contribution in [0.1, 0.15) is 5.69 Å². The molecule has 2 amide bonds. The summed E-state index contributed by atoms with van der Waals surface area (Å²) in [5.41, 5.74) is 11.3. The lowest BCUT2D eigenvalue weighted by molar-refractivity contribution is -0.689. The van der Waals surface area contributed by atoms with Gasteiger partial charge in [0.15, 0.2) is 29.8 Å². The lowest BCUT2D eigenvalue weighted by Gasteiger charge is -2.49. The van der Waals surface area contributed by atoms with E-state index in [4.69, 9.17) is 32.6 Å². The van der Waals surface area contributed by atoms with Gasteiger partial charge < -0.3 is 31.5 Å². The molecule has 13 nitrogen and oxygen atoms in total. The number of nitrogens with zero attached hydrogens (tertiary/aromatic N) is 4. The molecule has 2 atom stereocenters. The van der Waals surface area contributed by atoms with Crippen LogP contribution < -0.4 is 21.4 Å². The Morgan fingerprint density at radius 2 is 2.05 bits per heavy atom. The second kappa shape index (κ2) is 12.5. The maximum Gasteiger partial charge on any atom is 0.352 e. The SMILES string of the molecule is NCCOCCO/N=C(\C(=O)N[C@@H]1C(=O)N2C(C(=O)O)=C(C[n+]3ccccc3)CS[C@H]12)c1nc(N)sc1Cl. The first-order chi connectivity index (χ1) is 18.3. The molecule has 2 aliphatic heterocycles. The summed E-state index contributed by atoms with van der Waals surface area (Å²) in [6.07, 6.45) is 3.63. The van der Waals surface area contributed by atoms with Gasteiger partial charge in [-0.3, -0.25) is 14.5 Å². The van der Waals surface area contributed by atoms with Crippen LogP contribution in [-0.2, 0) is 30.5 Å². The second-order valence-electron chi connectivity index (χ2n) is 8.01. The van der Waals surface area contributed by atoms with Crippen LogP contribution in [0.15, 0.2) is 47.0 Å². The van der Waals surface area contributed by atoms with E-state index in [1.807, 2.05) is 35.2 Å². The summed E-state index contributed by atoms with van der Waals surface area (Å²) >= 11 is 8.50. The number of hydrogen-bond acceptors (Lipinski definition) is 11. The third-order valence-corrected chi connectivity index (χ3v) is 7.89. The standard InChI is InChI=1S/C22H24ClN7O6S2/c23-17-13(27-22(25)38-17)14(28-36-9-8-35-7-4-24)18(31)26-15-19(32)30-16(21(33)34)12(11-37-20(15)30)10-29-5-2-1-3-6-29/h1-3,5-6,15,20H,4,7-11,24H2,(H3-,25,26,27,31,33,34)/p+1/b28-14-/t15-,20-/m1/s1. The first-order valence-corrected chi connectivity index (χ1v) is 13.6. The number of nitrogen functional groups attached to an aromatic ring is 1. The van der Waals surface area contributed by atoms with Crippen LogP contribution in [0, 0.1) is 0 Å². The number of nitrogens with one attached hydrogen (secondary N) is 1. The number of hydrogen-bond donors (Lipinski definition) is 4. The van der Waals surface area contributed by atoms with E-state index in [0.717, 1.165) is 11.3 Å². The monoisotopic (exact) mass is 582 g/mol. The molecule has 0 unspecified atom stereocenters. The first-order valence-electron chi connectivity index (χ1n) is 11.4. The lowest BCUT2D eigenvalue weighted by atomic mass is 10.0. The molecule has 16 heteroatoms. The largest absolute Gasteiger partial charge is 0.477 e. The van der Waals surface area contributed by atoms with Gasteiger partial charge in [-0.2, -0.15) is 0 Å². The first kappa shape index (κ1) is 27.8. The highest BCUT2D eigenvalue weighted by Crippen LogP contribution is 2.40. The average molecular weight is 583 g/mol. The normalized spacial score (nSPS) is 19.2. The van der Waals surface area contributed by atoms with E-state index in [1.165, 1.54) is 16.7 Å². The molecule has 0 bridgehead atoms. The molecular weight excluding hydrogens is 558 g/mol. The van der Waals surface area contributed by atoms with Gasteiger partial charge in [0.2, 0.25) is 0 Å². The maximum absolute atomic E-state index is 13.2. The van der Waals surface area contributed by atoms with Crippen molar-refractivity contribution in [1.29, 1.82) is 0 Å². The van der Waals surface area contributed by atoms with Crippen LogP contribution in [0.5, 0.6) is 0 Å². The summed E-state index contributed by atoms with van der Waals surface area (Å²) in [7, 11) is 0. The zero-order valence-electron chi connectivity index (χ0n) is 19.9. The number of carbonyl (C=O) groups is 3. The smallest absolute Gasteiger partial charge is 0.352 e. The van der Waals surface area contributed by atoms with E-state index >= 15 is 0 Å². The van der Waals surface area contributed by atoms with Crippen molar-refractivity contribution >= 4 is 63.3 Å². The zero-order valence-corrected chi connectivity index (χ0v) is 22.3. The van der Waals surface area contributed by atoms with Crippen molar-refractivity contribution in [2.24, 2.45) is 10.9 Å². The number of carboxylic acid groups (broad SMARTS) is 1. The molecule has 1 saturated heterocycles. The summed E-state index contributed by atoms with van der Waals surface area (Å²) in [5, 5.41) is 15.9. The van der Waals surface area contributed by atoms with Gasteiger partial charge in [0.25, 0.3) is 11.8 Å². The van der Waals surface area contributed by atoms with Gasteiger partial charge >= 0.3 is 5.97 Å².